The van der Waals surface area contributed by atoms with E-state index < -0.39 is 0 Å². The molecule has 1 N–H and O–H groups in total. The van der Waals surface area contributed by atoms with Crippen LogP contribution in [0, 0.1) is 5.92 Å². The van der Waals surface area contributed by atoms with E-state index in [1.807, 2.05) is 0 Å². The molecule has 4 heteroatoms. The summed E-state index contributed by atoms with van der Waals surface area (Å²) in [4.78, 5) is 0. The second kappa shape index (κ2) is 5.87. The van der Waals surface area contributed by atoms with E-state index in [0.29, 0.717) is 6.10 Å². The second-order valence-electron chi connectivity index (χ2n) is 5.67. The molecule has 2 heterocycles. The van der Waals surface area contributed by atoms with Gasteiger partial charge in [0.15, 0.2) is 0 Å². The summed E-state index contributed by atoms with van der Waals surface area (Å²) in [5, 5.41) is 3.41. The number of nitrogens with one attached hydrogen (secondary N) is 1. The summed E-state index contributed by atoms with van der Waals surface area (Å²) in [6, 6.07) is 0. The zero-order valence-corrected chi connectivity index (χ0v) is 11.3. The van der Waals surface area contributed by atoms with Gasteiger partial charge in [-0.1, -0.05) is 0 Å². The molecule has 0 aromatic rings. The largest absolute Gasteiger partial charge is 0.378 e. The van der Waals surface area contributed by atoms with Gasteiger partial charge in [-0.15, -0.1) is 12.4 Å². The van der Waals surface area contributed by atoms with Gasteiger partial charge in [0.1, 0.15) is 0 Å². The van der Waals surface area contributed by atoms with Gasteiger partial charge in [0.25, 0.3) is 0 Å². The van der Waals surface area contributed by atoms with Gasteiger partial charge in [-0.05, 0) is 51.1 Å². The minimum atomic E-state index is 0. The van der Waals surface area contributed by atoms with Gasteiger partial charge in [-0.25, -0.2) is 0 Å². The van der Waals surface area contributed by atoms with Crippen molar-refractivity contribution in [3.8, 4) is 0 Å². The number of rotatable bonds is 3. The van der Waals surface area contributed by atoms with E-state index in [-0.39, 0.29) is 18.0 Å². The number of halogens is 1. The molecule has 1 unspecified atom stereocenters. The third kappa shape index (κ3) is 3.57. The molecule has 3 aliphatic rings. The van der Waals surface area contributed by atoms with Crippen LogP contribution >= 0.6 is 12.4 Å². The quantitative estimate of drug-likeness (QED) is 0.844. The fourth-order valence-corrected chi connectivity index (χ4v) is 2.91. The zero-order valence-electron chi connectivity index (χ0n) is 10.5. The Morgan fingerprint density at radius 1 is 1.18 bits per heavy atom. The normalized spacial score (nSPS) is 32.1. The minimum Gasteiger partial charge on any atom is -0.378 e. The molecule has 1 aliphatic carbocycles. The summed E-state index contributed by atoms with van der Waals surface area (Å²) in [5.41, 5.74) is 0.151. The van der Waals surface area contributed by atoms with Gasteiger partial charge in [-0.3, -0.25) is 0 Å². The van der Waals surface area contributed by atoms with Crippen molar-refractivity contribution in [1.82, 2.24) is 5.32 Å². The monoisotopic (exact) mass is 261 g/mol. The first-order valence-electron chi connectivity index (χ1n) is 6.83. The van der Waals surface area contributed by atoms with Crippen molar-refractivity contribution in [2.45, 2.75) is 50.2 Å². The van der Waals surface area contributed by atoms with Gasteiger partial charge in [0.05, 0.1) is 11.7 Å². The molecule has 0 aromatic carbocycles. The Hall–Kier alpha value is 0.170. The van der Waals surface area contributed by atoms with Crippen LogP contribution in [0.3, 0.4) is 0 Å². The third-order valence-corrected chi connectivity index (χ3v) is 4.23. The lowest BCUT2D eigenvalue weighted by Crippen LogP contribution is -2.49. The first kappa shape index (κ1) is 13.6. The predicted octanol–water partition coefficient (Wildman–Crippen LogP) is 2.14. The molecule has 0 radical (unpaired) electrons. The van der Waals surface area contributed by atoms with Crippen molar-refractivity contribution < 1.29 is 9.47 Å². The van der Waals surface area contributed by atoms with Crippen molar-refractivity contribution in [1.29, 1.82) is 0 Å². The molecule has 1 spiro atoms. The summed E-state index contributed by atoms with van der Waals surface area (Å²) in [7, 11) is 0. The highest BCUT2D eigenvalue weighted by Crippen LogP contribution is 2.36. The maximum atomic E-state index is 6.04. The maximum Gasteiger partial charge on any atom is 0.0731 e. The third-order valence-electron chi connectivity index (χ3n) is 4.23. The summed E-state index contributed by atoms with van der Waals surface area (Å²) in [6.45, 7) is 4.11. The molecule has 0 amide bonds. The Bertz CT molecular complexity index is 234. The molecule has 3 fully saturated rings. The molecule has 0 aromatic heterocycles. The molecule has 1 atom stereocenters. The molecular formula is C13H24ClNO2. The highest BCUT2D eigenvalue weighted by atomic mass is 35.5. The Balaban J connectivity index is 0.00000108. The van der Waals surface area contributed by atoms with Gasteiger partial charge in [0.2, 0.25) is 0 Å². The highest BCUT2D eigenvalue weighted by Gasteiger charge is 2.39. The average Bonchev–Trinajstić information content (AvgIpc) is 3.11. The number of piperidine rings is 1. The van der Waals surface area contributed by atoms with Crippen molar-refractivity contribution >= 4 is 12.4 Å². The molecule has 2 saturated heterocycles. The highest BCUT2D eigenvalue weighted by molar-refractivity contribution is 5.85. The molecule has 3 rings (SSSR count). The van der Waals surface area contributed by atoms with Crippen LogP contribution in [0.4, 0.5) is 0 Å². The SMILES string of the molecule is C1CC2(CCN1)CC(OCC1CC1)CCO2.Cl. The predicted molar refractivity (Wildman–Crippen MR) is 69.7 cm³/mol. The minimum absolute atomic E-state index is 0. The molecule has 100 valence electrons. The summed E-state index contributed by atoms with van der Waals surface area (Å²) in [5.74, 6) is 0.881. The van der Waals surface area contributed by atoms with Crippen LogP contribution in [0.5, 0.6) is 0 Å². The first-order valence-corrected chi connectivity index (χ1v) is 6.83. The van der Waals surface area contributed by atoms with Gasteiger partial charge < -0.3 is 14.8 Å². The Morgan fingerprint density at radius 3 is 2.65 bits per heavy atom. The summed E-state index contributed by atoms with van der Waals surface area (Å²) >= 11 is 0. The Kier molecular flexibility index (Phi) is 4.70. The topological polar surface area (TPSA) is 30.5 Å². The lowest BCUT2D eigenvalue weighted by atomic mass is 9.84. The van der Waals surface area contributed by atoms with Gasteiger partial charge >= 0.3 is 0 Å². The fourth-order valence-electron chi connectivity index (χ4n) is 2.91. The van der Waals surface area contributed by atoms with Crippen LogP contribution in [0.2, 0.25) is 0 Å². The molecule has 0 bridgehead atoms. The van der Waals surface area contributed by atoms with Crippen molar-refractivity contribution in [2.75, 3.05) is 26.3 Å². The Labute approximate surface area is 110 Å². The van der Waals surface area contributed by atoms with E-state index in [1.165, 1.54) is 12.8 Å². The lowest BCUT2D eigenvalue weighted by molar-refractivity contribution is -0.146. The van der Waals surface area contributed by atoms with E-state index in [2.05, 4.69) is 5.32 Å². The second-order valence-corrected chi connectivity index (χ2v) is 5.67. The van der Waals surface area contributed by atoms with E-state index in [0.717, 1.165) is 57.9 Å². The fraction of sp³-hybridized carbons (Fsp3) is 1.00. The number of hydrogen-bond donors (Lipinski definition) is 1. The first-order chi connectivity index (χ1) is 7.86. The van der Waals surface area contributed by atoms with E-state index in [1.54, 1.807) is 0 Å². The van der Waals surface area contributed by atoms with Crippen LogP contribution < -0.4 is 5.32 Å². The summed E-state index contributed by atoms with van der Waals surface area (Å²) in [6.07, 6.45) is 7.79. The lowest BCUT2D eigenvalue weighted by Gasteiger charge is -2.43. The van der Waals surface area contributed by atoms with E-state index in [9.17, 15) is 0 Å². The molecular weight excluding hydrogens is 238 g/mol. The standard InChI is InChI=1S/C13H23NO2.ClH/c1-2-11(1)10-15-12-3-8-16-13(9-12)4-6-14-7-5-13;/h11-12,14H,1-10H2;1H. The van der Waals surface area contributed by atoms with Crippen LogP contribution in [0.15, 0.2) is 0 Å². The molecule has 3 nitrogen and oxygen atoms in total. The molecule has 2 aliphatic heterocycles. The van der Waals surface area contributed by atoms with Crippen molar-refractivity contribution in [2.24, 2.45) is 5.92 Å². The molecule has 17 heavy (non-hydrogen) atoms. The molecule has 1 saturated carbocycles. The average molecular weight is 262 g/mol. The maximum absolute atomic E-state index is 6.04. The summed E-state index contributed by atoms with van der Waals surface area (Å²) < 4.78 is 12.1. The van der Waals surface area contributed by atoms with Crippen LogP contribution in [-0.4, -0.2) is 38.0 Å². The van der Waals surface area contributed by atoms with E-state index >= 15 is 0 Å². The van der Waals surface area contributed by atoms with Gasteiger partial charge in [-0.2, -0.15) is 0 Å². The number of ether oxygens (including phenoxy) is 2. The van der Waals surface area contributed by atoms with E-state index in [4.69, 9.17) is 9.47 Å². The van der Waals surface area contributed by atoms with Gasteiger partial charge in [0, 0.05) is 19.6 Å². The Morgan fingerprint density at radius 2 is 1.94 bits per heavy atom. The van der Waals surface area contributed by atoms with Crippen LogP contribution in [-0.2, 0) is 9.47 Å². The number of hydrogen-bond acceptors (Lipinski definition) is 3. The van der Waals surface area contributed by atoms with Crippen LogP contribution in [0.1, 0.15) is 38.5 Å². The van der Waals surface area contributed by atoms with Crippen molar-refractivity contribution in [3.05, 3.63) is 0 Å². The zero-order chi connectivity index (χ0) is 10.8. The van der Waals surface area contributed by atoms with Crippen molar-refractivity contribution in [3.63, 3.8) is 0 Å². The smallest absolute Gasteiger partial charge is 0.0731 e. The van der Waals surface area contributed by atoms with Crippen LogP contribution in [0.25, 0.3) is 0 Å².